The summed E-state index contributed by atoms with van der Waals surface area (Å²) in [6, 6.07) is 6.92. The quantitative estimate of drug-likeness (QED) is 0.671. The second-order valence-electron chi connectivity index (χ2n) is 6.81. The maximum Gasteiger partial charge on any atom is 0.0545 e. The summed E-state index contributed by atoms with van der Waals surface area (Å²) in [5.41, 5.74) is 6.03. The molecule has 0 aromatic heterocycles. The highest BCUT2D eigenvalue weighted by atomic mass is 79.9. The average molecular weight is 394 g/mol. The summed E-state index contributed by atoms with van der Waals surface area (Å²) in [7, 11) is 0. The van der Waals surface area contributed by atoms with Crippen molar-refractivity contribution in [1.29, 1.82) is 0 Å². The van der Waals surface area contributed by atoms with E-state index < -0.39 is 0 Å². The molecule has 2 unspecified atom stereocenters. The van der Waals surface area contributed by atoms with Crippen molar-refractivity contribution in [3.05, 3.63) is 50.6 Å². The van der Waals surface area contributed by atoms with E-state index in [9.17, 15) is 0 Å². The topological polar surface area (TPSA) is 24.1 Å². The fourth-order valence-corrected chi connectivity index (χ4v) is 5.02. The number of piperidine rings is 1. The van der Waals surface area contributed by atoms with Crippen molar-refractivity contribution in [2.75, 3.05) is 13.1 Å². The van der Waals surface area contributed by atoms with Crippen LogP contribution in [-0.4, -0.2) is 19.1 Å². The fraction of sp³-hybridized carbons (Fsp3) is 0.474. The summed E-state index contributed by atoms with van der Waals surface area (Å²) in [5, 5.41) is 8.04. The van der Waals surface area contributed by atoms with E-state index >= 15 is 0 Å². The molecule has 23 heavy (non-hydrogen) atoms. The lowest BCUT2D eigenvalue weighted by molar-refractivity contribution is 0.406. The molecular formula is C19H22BrClN2. The lowest BCUT2D eigenvalue weighted by Crippen LogP contribution is -2.38. The van der Waals surface area contributed by atoms with E-state index in [4.69, 9.17) is 11.6 Å². The van der Waals surface area contributed by atoms with Crippen molar-refractivity contribution in [3.8, 4) is 0 Å². The Kier molecular flexibility index (Phi) is 4.53. The zero-order chi connectivity index (χ0) is 15.8. The second kappa shape index (κ2) is 6.62. The fourth-order valence-electron chi connectivity index (χ4n) is 4.28. The predicted octanol–water partition coefficient (Wildman–Crippen LogP) is 4.64. The first-order chi connectivity index (χ1) is 11.2. The van der Waals surface area contributed by atoms with E-state index in [1.807, 2.05) is 0 Å². The molecule has 4 rings (SSSR count). The zero-order valence-corrected chi connectivity index (χ0v) is 15.5. The lowest BCUT2D eigenvalue weighted by Gasteiger charge is -2.34. The van der Waals surface area contributed by atoms with Crippen molar-refractivity contribution in [1.82, 2.24) is 10.6 Å². The van der Waals surface area contributed by atoms with Crippen LogP contribution in [-0.2, 0) is 6.42 Å². The number of hydrogen-bond acceptors (Lipinski definition) is 2. The molecule has 1 aromatic rings. The summed E-state index contributed by atoms with van der Waals surface area (Å²) in [4.78, 5) is 0. The van der Waals surface area contributed by atoms with Crippen LogP contribution in [0.3, 0.4) is 0 Å². The van der Waals surface area contributed by atoms with Gasteiger partial charge in [0.05, 0.1) is 6.04 Å². The van der Waals surface area contributed by atoms with Crippen LogP contribution in [0.4, 0.5) is 0 Å². The smallest absolute Gasteiger partial charge is 0.0545 e. The number of nitrogens with one attached hydrogen (secondary N) is 2. The molecular weight excluding hydrogens is 372 g/mol. The number of rotatable bonds is 0. The van der Waals surface area contributed by atoms with E-state index in [0.29, 0.717) is 12.0 Å². The minimum atomic E-state index is 0.437. The first-order valence-electron chi connectivity index (χ1n) is 8.54. The molecule has 122 valence electrons. The molecule has 0 amide bonds. The van der Waals surface area contributed by atoms with Gasteiger partial charge in [0.15, 0.2) is 0 Å². The van der Waals surface area contributed by atoms with Gasteiger partial charge in [0.2, 0.25) is 0 Å². The maximum absolute atomic E-state index is 6.28. The zero-order valence-electron chi connectivity index (χ0n) is 13.2. The van der Waals surface area contributed by atoms with Crippen LogP contribution in [0.2, 0.25) is 5.02 Å². The SMILES string of the molecule is Clc1ccc2c(c1)CCC1CC(Br)=CNC1C2=C1CCNCC1. The number of aryl methyl sites for hydroxylation is 1. The third-order valence-corrected chi connectivity index (χ3v) is 6.18. The van der Waals surface area contributed by atoms with E-state index in [1.165, 1.54) is 22.0 Å². The molecule has 2 N–H and O–H groups in total. The normalized spacial score (nSPS) is 27.5. The summed E-state index contributed by atoms with van der Waals surface area (Å²) in [6.07, 6.45) is 7.94. The van der Waals surface area contributed by atoms with Crippen molar-refractivity contribution in [2.24, 2.45) is 5.92 Å². The lowest BCUT2D eigenvalue weighted by atomic mass is 9.81. The van der Waals surface area contributed by atoms with Crippen LogP contribution in [0.1, 0.15) is 36.8 Å². The van der Waals surface area contributed by atoms with Crippen molar-refractivity contribution < 1.29 is 0 Å². The summed E-state index contributed by atoms with van der Waals surface area (Å²) >= 11 is 9.97. The van der Waals surface area contributed by atoms with Gasteiger partial charge >= 0.3 is 0 Å². The Labute approximate surface area is 151 Å². The Morgan fingerprint density at radius 3 is 2.78 bits per heavy atom. The predicted molar refractivity (Wildman–Crippen MR) is 101 cm³/mol. The van der Waals surface area contributed by atoms with Gasteiger partial charge in [-0.2, -0.15) is 0 Å². The third kappa shape index (κ3) is 3.11. The van der Waals surface area contributed by atoms with Gasteiger partial charge in [-0.05, 0) is 79.9 Å². The van der Waals surface area contributed by atoms with Gasteiger partial charge in [-0.3, -0.25) is 0 Å². The Morgan fingerprint density at radius 1 is 1.13 bits per heavy atom. The molecule has 0 saturated carbocycles. The molecule has 4 heteroatoms. The average Bonchev–Trinajstić information content (AvgIpc) is 2.72. The monoisotopic (exact) mass is 392 g/mol. The molecule has 1 fully saturated rings. The summed E-state index contributed by atoms with van der Waals surface area (Å²) in [6.45, 7) is 2.19. The van der Waals surface area contributed by atoms with Crippen LogP contribution in [0, 0.1) is 5.92 Å². The molecule has 2 atom stereocenters. The van der Waals surface area contributed by atoms with Gasteiger partial charge in [0.1, 0.15) is 0 Å². The van der Waals surface area contributed by atoms with E-state index in [-0.39, 0.29) is 0 Å². The van der Waals surface area contributed by atoms with Crippen LogP contribution < -0.4 is 10.6 Å². The highest BCUT2D eigenvalue weighted by Crippen LogP contribution is 2.42. The van der Waals surface area contributed by atoms with Gasteiger partial charge in [-0.25, -0.2) is 0 Å². The molecule has 2 heterocycles. The van der Waals surface area contributed by atoms with E-state index in [0.717, 1.165) is 43.8 Å². The molecule has 0 radical (unpaired) electrons. The molecule has 3 aliphatic rings. The minimum Gasteiger partial charge on any atom is -0.383 e. The van der Waals surface area contributed by atoms with Crippen LogP contribution >= 0.6 is 27.5 Å². The number of fused-ring (bicyclic) bond motifs is 2. The largest absolute Gasteiger partial charge is 0.383 e. The first-order valence-corrected chi connectivity index (χ1v) is 9.71. The number of hydrogen-bond donors (Lipinski definition) is 2. The molecule has 2 nitrogen and oxygen atoms in total. The van der Waals surface area contributed by atoms with Gasteiger partial charge in [0.25, 0.3) is 0 Å². The third-order valence-electron chi connectivity index (χ3n) is 5.39. The van der Waals surface area contributed by atoms with Crippen LogP contribution in [0.5, 0.6) is 0 Å². The Balaban J connectivity index is 1.85. The standard InChI is InChI=1S/C19H22BrClN2/c20-15-9-14-2-1-13-10-16(21)3-4-17(13)18(19(14)23-11-15)12-5-7-22-8-6-12/h3-4,10-11,14,19,22-23H,1-2,5-9H2. The van der Waals surface area contributed by atoms with Gasteiger partial charge in [-0.1, -0.05) is 39.2 Å². The van der Waals surface area contributed by atoms with Gasteiger partial charge in [0, 0.05) is 15.7 Å². The Hall–Kier alpha value is -0.770. The Bertz CT molecular complexity index is 672. The van der Waals surface area contributed by atoms with Gasteiger partial charge in [-0.15, -0.1) is 0 Å². The summed E-state index contributed by atoms with van der Waals surface area (Å²) in [5.74, 6) is 0.651. The molecule has 1 saturated heterocycles. The maximum atomic E-state index is 6.28. The van der Waals surface area contributed by atoms with Crippen LogP contribution in [0.15, 0.2) is 34.5 Å². The first kappa shape index (κ1) is 15.7. The van der Waals surface area contributed by atoms with E-state index in [2.05, 4.69) is 51.0 Å². The molecule has 2 aliphatic heterocycles. The van der Waals surface area contributed by atoms with Crippen LogP contribution in [0.25, 0.3) is 5.57 Å². The molecule has 1 aliphatic carbocycles. The van der Waals surface area contributed by atoms with E-state index in [1.54, 1.807) is 11.1 Å². The van der Waals surface area contributed by atoms with Crippen molar-refractivity contribution in [3.63, 3.8) is 0 Å². The number of allylic oxidation sites excluding steroid dienone is 1. The molecule has 0 bridgehead atoms. The van der Waals surface area contributed by atoms with Gasteiger partial charge < -0.3 is 10.6 Å². The minimum absolute atomic E-state index is 0.437. The Morgan fingerprint density at radius 2 is 1.96 bits per heavy atom. The highest BCUT2D eigenvalue weighted by Gasteiger charge is 2.34. The van der Waals surface area contributed by atoms with Crippen molar-refractivity contribution in [2.45, 2.75) is 38.1 Å². The summed E-state index contributed by atoms with van der Waals surface area (Å²) < 4.78 is 1.29. The second-order valence-corrected chi connectivity index (χ2v) is 8.26. The number of benzene rings is 1. The molecule has 0 spiro atoms. The highest BCUT2D eigenvalue weighted by molar-refractivity contribution is 9.11. The molecule has 1 aromatic carbocycles. The number of halogens is 2. The van der Waals surface area contributed by atoms with Crippen molar-refractivity contribution >= 4 is 33.1 Å².